The van der Waals surface area contributed by atoms with Crippen molar-refractivity contribution in [3.8, 4) is 0 Å². The minimum absolute atomic E-state index is 0.00495. The van der Waals surface area contributed by atoms with E-state index in [4.69, 9.17) is 0 Å². The summed E-state index contributed by atoms with van der Waals surface area (Å²) in [5.41, 5.74) is 0.774. The van der Waals surface area contributed by atoms with Gasteiger partial charge in [0.05, 0.1) is 17.2 Å². The van der Waals surface area contributed by atoms with Crippen molar-refractivity contribution >= 4 is 27.1 Å². The maximum Gasteiger partial charge on any atom is 0.257 e. The first-order chi connectivity index (χ1) is 9.78. The number of anilines is 2. The molecular formula is C13H15FN2O4S. The summed E-state index contributed by atoms with van der Waals surface area (Å²) in [4.78, 5) is 13.0. The molecule has 0 aliphatic carbocycles. The number of aliphatic hydroxyl groups is 1. The van der Waals surface area contributed by atoms with Crippen LogP contribution in [0.1, 0.15) is 18.1 Å². The van der Waals surface area contributed by atoms with Crippen molar-refractivity contribution in [2.24, 2.45) is 0 Å². The van der Waals surface area contributed by atoms with Gasteiger partial charge in [-0.05, 0) is 18.6 Å². The van der Waals surface area contributed by atoms with Crippen LogP contribution in [0.5, 0.6) is 0 Å². The van der Waals surface area contributed by atoms with Crippen LogP contribution in [0.25, 0.3) is 0 Å². The van der Waals surface area contributed by atoms with Crippen LogP contribution in [0.2, 0.25) is 0 Å². The van der Waals surface area contributed by atoms with Gasteiger partial charge >= 0.3 is 0 Å². The van der Waals surface area contributed by atoms with E-state index in [1.165, 1.54) is 6.07 Å². The van der Waals surface area contributed by atoms with E-state index < -0.39 is 27.7 Å². The van der Waals surface area contributed by atoms with Gasteiger partial charge in [-0.25, -0.2) is 12.8 Å². The second-order valence-electron chi connectivity index (χ2n) is 5.45. The highest BCUT2D eigenvalue weighted by Crippen LogP contribution is 2.36. The van der Waals surface area contributed by atoms with Crippen molar-refractivity contribution in [3.05, 3.63) is 23.5 Å². The Morgan fingerprint density at radius 2 is 2.14 bits per heavy atom. The van der Waals surface area contributed by atoms with E-state index in [1.807, 2.05) is 0 Å². The van der Waals surface area contributed by atoms with E-state index in [-0.39, 0.29) is 28.8 Å². The standard InChI is InChI=1S/C13H15FN2O4S/c1-16(7-2-3-21(19,20)6-7)11-5-10-8(4-9(11)14)12(17)13(18)15-10/h4-5,7,12,17H,2-3,6H2,1H3,(H,15,18). The lowest BCUT2D eigenvalue weighted by molar-refractivity contribution is -0.123. The van der Waals surface area contributed by atoms with Crippen LogP contribution < -0.4 is 10.2 Å². The Kier molecular flexibility index (Phi) is 3.18. The smallest absolute Gasteiger partial charge is 0.257 e. The maximum atomic E-state index is 14.2. The molecular weight excluding hydrogens is 299 g/mol. The molecule has 21 heavy (non-hydrogen) atoms. The summed E-state index contributed by atoms with van der Waals surface area (Å²) >= 11 is 0. The van der Waals surface area contributed by atoms with E-state index >= 15 is 0 Å². The van der Waals surface area contributed by atoms with E-state index in [0.29, 0.717) is 12.1 Å². The highest BCUT2D eigenvalue weighted by Gasteiger charge is 2.34. The number of fused-ring (bicyclic) bond motifs is 1. The summed E-state index contributed by atoms with van der Waals surface area (Å²) in [5.74, 6) is -1.08. The number of carbonyl (C=O) groups excluding carboxylic acids is 1. The van der Waals surface area contributed by atoms with Gasteiger partial charge in [-0.2, -0.15) is 0 Å². The average molecular weight is 314 g/mol. The van der Waals surface area contributed by atoms with Gasteiger partial charge in [0, 0.05) is 24.3 Å². The van der Waals surface area contributed by atoms with Gasteiger partial charge in [-0.3, -0.25) is 4.79 Å². The first-order valence-corrected chi connectivity index (χ1v) is 8.36. The highest BCUT2D eigenvalue weighted by molar-refractivity contribution is 7.91. The SMILES string of the molecule is CN(c1cc2c(cc1F)C(O)C(=O)N2)C1CCS(=O)(=O)C1. The third kappa shape index (κ3) is 2.38. The number of aliphatic hydroxyl groups excluding tert-OH is 1. The lowest BCUT2D eigenvalue weighted by Crippen LogP contribution is -2.33. The van der Waals surface area contributed by atoms with Gasteiger partial charge in [-0.15, -0.1) is 0 Å². The Morgan fingerprint density at radius 3 is 2.76 bits per heavy atom. The van der Waals surface area contributed by atoms with Crippen LogP contribution in [0, 0.1) is 5.82 Å². The summed E-state index contributed by atoms with van der Waals surface area (Å²) in [6, 6.07) is 2.27. The van der Waals surface area contributed by atoms with Crippen LogP contribution in [0.4, 0.5) is 15.8 Å². The molecule has 0 saturated carbocycles. The fourth-order valence-electron chi connectivity index (χ4n) is 2.80. The molecule has 2 N–H and O–H groups in total. The predicted molar refractivity (Wildman–Crippen MR) is 75.5 cm³/mol. The molecule has 0 aromatic heterocycles. The molecule has 0 radical (unpaired) electrons. The van der Waals surface area contributed by atoms with E-state index in [9.17, 15) is 22.7 Å². The largest absolute Gasteiger partial charge is 0.378 e. The van der Waals surface area contributed by atoms with E-state index in [2.05, 4.69) is 5.32 Å². The van der Waals surface area contributed by atoms with Gasteiger partial charge in [-0.1, -0.05) is 0 Å². The number of nitrogens with one attached hydrogen (secondary N) is 1. The zero-order valence-electron chi connectivity index (χ0n) is 11.3. The van der Waals surface area contributed by atoms with Crippen molar-refractivity contribution in [2.45, 2.75) is 18.6 Å². The van der Waals surface area contributed by atoms with Gasteiger partial charge in [0.1, 0.15) is 5.82 Å². The second kappa shape index (κ2) is 4.67. The molecule has 2 atom stereocenters. The predicted octanol–water partition coefficient (Wildman–Crippen LogP) is 0.434. The first-order valence-electron chi connectivity index (χ1n) is 6.54. The van der Waals surface area contributed by atoms with Gasteiger partial charge < -0.3 is 15.3 Å². The molecule has 1 aromatic carbocycles. The Balaban J connectivity index is 1.94. The summed E-state index contributed by atoms with van der Waals surface area (Å²) in [6.45, 7) is 0. The van der Waals surface area contributed by atoms with Gasteiger partial charge in [0.15, 0.2) is 15.9 Å². The molecule has 1 aromatic rings. The number of halogens is 1. The highest BCUT2D eigenvalue weighted by atomic mass is 32.2. The Bertz CT molecular complexity index is 719. The van der Waals surface area contributed by atoms with Crippen molar-refractivity contribution in [1.29, 1.82) is 0 Å². The molecule has 2 unspecified atom stereocenters. The molecule has 1 saturated heterocycles. The lowest BCUT2D eigenvalue weighted by atomic mass is 10.1. The lowest BCUT2D eigenvalue weighted by Gasteiger charge is -2.26. The number of amides is 1. The molecule has 114 valence electrons. The van der Waals surface area contributed by atoms with Crippen molar-refractivity contribution in [3.63, 3.8) is 0 Å². The third-order valence-corrected chi connectivity index (χ3v) is 5.81. The molecule has 2 heterocycles. The number of nitrogens with zero attached hydrogens (tertiary/aromatic N) is 1. The fraction of sp³-hybridized carbons (Fsp3) is 0.462. The summed E-state index contributed by atoms with van der Waals surface area (Å²) in [7, 11) is -1.44. The molecule has 2 aliphatic rings. The number of carbonyl (C=O) groups is 1. The minimum atomic E-state index is -3.06. The van der Waals surface area contributed by atoms with Crippen molar-refractivity contribution in [2.75, 3.05) is 28.8 Å². The first kappa shape index (κ1) is 14.3. The summed E-state index contributed by atoms with van der Waals surface area (Å²) in [5, 5.41) is 12.1. The molecule has 1 amide bonds. The number of benzene rings is 1. The molecule has 2 aliphatic heterocycles. The topological polar surface area (TPSA) is 86.7 Å². The van der Waals surface area contributed by atoms with Gasteiger partial charge in [0.25, 0.3) is 5.91 Å². The zero-order chi connectivity index (χ0) is 15.4. The van der Waals surface area contributed by atoms with Crippen LogP contribution >= 0.6 is 0 Å². The minimum Gasteiger partial charge on any atom is -0.378 e. The normalized spacial score (nSPS) is 26.5. The number of rotatable bonds is 2. The monoisotopic (exact) mass is 314 g/mol. The number of sulfone groups is 1. The quantitative estimate of drug-likeness (QED) is 0.827. The van der Waals surface area contributed by atoms with E-state index in [1.54, 1.807) is 11.9 Å². The summed E-state index contributed by atoms with van der Waals surface area (Å²) in [6.07, 6.45) is -0.912. The number of hydrogen-bond acceptors (Lipinski definition) is 5. The molecule has 0 bridgehead atoms. The summed E-state index contributed by atoms with van der Waals surface area (Å²) < 4.78 is 37.2. The molecule has 3 rings (SSSR count). The van der Waals surface area contributed by atoms with E-state index in [0.717, 1.165) is 6.07 Å². The van der Waals surface area contributed by atoms with Crippen LogP contribution in [0.3, 0.4) is 0 Å². The zero-order valence-corrected chi connectivity index (χ0v) is 12.2. The molecule has 1 fully saturated rings. The molecule has 0 spiro atoms. The van der Waals surface area contributed by atoms with Gasteiger partial charge in [0.2, 0.25) is 0 Å². The second-order valence-corrected chi connectivity index (χ2v) is 7.68. The Labute approximate surface area is 121 Å². The number of hydrogen-bond donors (Lipinski definition) is 2. The fourth-order valence-corrected chi connectivity index (χ4v) is 4.58. The van der Waals surface area contributed by atoms with Crippen molar-refractivity contribution in [1.82, 2.24) is 0 Å². The third-order valence-electron chi connectivity index (χ3n) is 4.06. The average Bonchev–Trinajstić information content (AvgIpc) is 2.90. The Morgan fingerprint density at radius 1 is 1.43 bits per heavy atom. The van der Waals surface area contributed by atoms with Crippen LogP contribution in [-0.4, -0.2) is 44.0 Å². The van der Waals surface area contributed by atoms with Crippen molar-refractivity contribution < 1.29 is 22.7 Å². The maximum absolute atomic E-state index is 14.2. The Hall–Kier alpha value is -1.67. The molecule has 6 nitrogen and oxygen atoms in total. The molecule has 8 heteroatoms. The van der Waals surface area contributed by atoms with Crippen LogP contribution in [0.15, 0.2) is 12.1 Å². The van der Waals surface area contributed by atoms with Crippen LogP contribution in [-0.2, 0) is 14.6 Å².